The van der Waals surface area contributed by atoms with Gasteiger partial charge >= 0.3 is 0 Å². The Labute approximate surface area is 216 Å². The van der Waals surface area contributed by atoms with Crippen molar-refractivity contribution >= 4 is 40.6 Å². The van der Waals surface area contributed by atoms with Gasteiger partial charge in [0.05, 0.1) is 32.2 Å². The van der Waals surface area contributed by atoms with E-state index < -0.39 is 29.6 Å². The Hall–Kier alpha value is -4.23. The Kier molecular flexibility index (Phi) is 8.98. The summed E-state index contributed by atoms with van der Waals surface area (Å²) in [4.78, 5) is 40.4. The molecule has 2 aromatic carbocycles. The van der Waals surface area contributed by atoms with E-state index in [0.717, 1.165) is 4.90 Å². The number of halogens is 1. The van der Waals surface area contributed by atoms with Gasteiger partial charge in [0.1, 0.15) is 28.2 Å². The summed E-state index contributed by atoms with van der Waals surface area (Å²) in [6.45, 7) is 0.348. The molecule has 3 aromatic rings. The van der Waals surface area contributed by atoms with Crippen LogP contribution in [0, 0.1) is 5.82 Å². The summed E-state index contributed by atoms with van der Waals surface area (Å²) in [5, 5.41) is 2.72. The van der Waals surface area contributed by atoms with Crippen LogP contribution in [0.5, 0.6) is 11.5 Å². The molecule has 0 spiro atoms. The summed E-state index contributed by atoms with van der Waals surface area (Å²) in [5.41, 5.74) is 11.3. The summed E-state index contributed by atoms with van der Waals surface area (Å²) < 4.78 is 33.5. The number of amides is 3. The zero-order valence-electron chi connectivity index (χ0n) is 20.3. The number of hydrogen-bond acceptors (Lipinski definition) is 9. The fraction of sp³-hybridized carbons (Fsp3) is 0.250. The van der Waals surface area contributed by atoms with Crippen LogP contribution in [-0.4, -0.2) is 56.6 Å². The van der Waals surface area contributed by atoms with Gasteiger partial charge in [-0.3, -0.25) is 19.3 Å². The molecule has 0 saturated heterocycles. The highest BCUT2D eigenvalue weighted by molar-refractivity contribution is 7.09. The average molecular weight is 532 g/mol. The summed E-state index contributed by atoms with van der Waals surface area (Å²) in [5.74, 6) is -2.22. The van der Waals surface area contributed by atoms with Gasteiger partial charge in [0.2, 0.25) is 5.91 Å². The summed E-state index contributed by atoms with van der Waals surface area (Å²) >= 11 is 0.656. The lowest BCUT2D eigenvalue weighted by Crippen LogP contribution is -2.45. The molecule has 0 fully saturated rings. The Morgan fingerprint density at radius 1 is 1.11 bits per heavy atom. The van der Waals surface area contributed by atoms with Crippen molar-refractivity contribution in [1.82, 2.24) is 9.69 Å². The van der Waals surface area contributed by atoms with Crippen LogP contribution in [0.2, 0.25) is 0 Å². The highest BCUT2D eigenvalue weighted by atomic mass is 32.1. The molecule has 1 unspecified atom stereocenters. The lowest BCUT2D eigenvalue weighted by molar-refractivity contribution is -0.122. The first-order valence-electron chi connectivity index (χ1n) is 10.9. The first-order valence-corrected chi connectivity index (χ1v) is 11.6. The maximum atomic E-state index is 14.1. The highest BCUT2D eigenvalue weighted by Crippen LogP contribution is 2.40. The predicted octanol–water partition coefficient (Wildman–Crippen LogP) is 2.13. The number of nitrogens with one attached hydrogen (secondary N) is 1. The molecule has 11 nitrogen and oxygen atoms in total. The topological polar surface area (TPSA) is 159 Å². The van der Waals surface area contributed by atoms with E-state index in [0.29, 0.717) is 17.3 Å². The minimum Gasteiger partial charge on any atom is -0.497 e. The van der Waals surface area contributed by atoms with E-state index in [1.54, 1.807) is 12.1 Å². The minimum absolute atomic E-state index is 0.129. The normalized spacial score (nSPS) is 11.5. The molecular weight excluding hydrogens is 505 g/mol. The van der Waals surface area contributed by atoms with Crippen molar-refractivity contribution in [2.75, 3.05) is 45.1 Å². The van der Waals surface area contributed by atoms with E-state index in [-0.39, 0.29) is 46.4 Å². The van der Waals surface area contributed by atoms with E-state index in [2.05, 4.69) is 9.69 Å². The quantitative estimate of drug-likeness (QED) is 0.317. The third kappa shape index (κ3) is 5.95. The minimum atomic E-state index is -1.33. The van der Waals surface area contributed by atoms with Crippen LogP contribution >= 0.6 is 11.5 Å². The van der Waals surface area contributed by atoms with E-state index in [9.17, 15) is 18.8 Å². The monoisotopic (exact) mass is 531 g/mol. The molecule has 37 heavy (non-hydrogen) atoms. The van der Waals surface area contributed by atoms with Crippen molar-refractivity contribution in [2.45, 2.75) is 6.04 Å². The SMILES string of the molecule is COCCNC(=O)C(c1ccc(F)cc1)N(C(=O)c1snc(C(N)=O)c1N)c1cc(OC)ccc1OC. The van der Waals surface area contributed by atoms with Crippen molar-refractivity contribution < 1.29 is 33.0 Å². The first-order chi connectivity index (χ1) is 17.7. The number of ether oxygens (including phenoxy) is 3. The maximum absolute atomic E-state index is 14.1. The van der Waals surface area contributed by atoms with Crippen molar-refractivity contribution in [2.24, 2.45) is 5.73 Å². The van der Waals surface area contributed by atoms with Gasteiger partial charge in [0.25, 0.3) is 11.8 Å². The number of hydrogen-bond donors (Lipinski definition) is 3. The van der Waals surface area contributed by atoms with Gasteiger partial charge in [0, 0.05) is 19.7 Å². The number of benzene rings is 2. The zero-order chi connectivity index (χ0) is 27.1. The Balaban J connectivity index is 2.28. The number of methoxy groups -OCH3 is 3. The molecule has 196 valence electrons. The molecule has 0 aliphatic heterocycles. The van der Waals surface area contributed by atoms with Gasteiger partial charge in [0.15, 0.2) is 5.69 Å². The largest absolute Gasteiger partial charge is 0.497 e. The molecule has 1 atom stereocenters. The number of nitrogens with zero attached hydrogens (tertiary/aromatic N) is 2. The number of nitrogen functional groups attached to an aromatic ring is 1. The van der Waals surface area contributed by atoms with Crippen LogP contribution in [0.25, 0.3) is 0 Å². The third-order valence-electron chi connectivity index (χ3n) is 5.32. The fourth-order valence-electron chi connectivity index (χ4n) is 3.53. The smallest absolute Gasteiger partial charge is 0.273 e. The van der Waals surface area contributed by atoms with Gasteiger partial charge in [-0.05, 0) is 41.4 Å². The second-order valence-electron chi connectivity index (χ2n) is 7.59. The first kappa shape index (κ1) is 27.4. The van der Waals surface area contributed by atoms with Crippen molar-refractivity contribution in [3.63, 3.8) is 0 Å². The highest BCUT2D eigenvalue weighted by Gasteiger charge is 2.37. The van der Waals surface area contributed by atoms with Crippen LogP contribution in [0.3, 0.4) is 0 Å². The van der Waals surface area contributed by atoms with Crippen molar-refractivity contribution in [1.29, 1.82) is 0 Å². The number of primary amides is 1. The lowest BCUT2D eigenvalue weighted by Gasteiger charge is -2.32. The van der Waals surface area contributed by atoms with Crippen LogP contribution < -0.4 is 31.2 Å². The van der Waals surface area contributed by atoms with Crippen molar-refractivity contribution in [3.05, 3.63) is 64.4 Å². The van der Waals surface area contributed by atoms with Gasteiger partial charge in [-0.15, -0.1) is 0 Å². The number of anilines is 2. The number of carbonyl (C=O) groups is 3. The van der Waals surface area contributed by atoms with Gasteiger partial charge in [-0.2, -0.15) is 4.37 Å². The number of aromatic nitrogens is 1. The maximum Gasteiger partial charge on any atom is 0.273 e. The van der Waals surface area contributed by atoms with E-state index in [1.807, 2.05) is 0 Å². The molecule has 0 saturated carbocycles. The Morgan fingerprint density at radius 2 is 1.81 bits per heavy atom. The second-order valence-corrected chi connectivity index (χ2v) is 8.36. The predicted molar refractivity (Wildman–Crippen MR) is 135 cm³/mol. The van der Waals surface area contributed by atoms with E-state index in [4.69, 9.17) is 25.7 Å². The van der Waals surface area contributed by atoms with Gasteiger partial charge < -0.3 is 31.0 Å². The van der Waals surface area contributed by atoms with E-state index >= 15 is 0 Å². The summed E-state index contributed by atoms with van der Waals surface area (Å²) in [6.07, 6.45) is 0. The molecule has 1 heterocycles. The number of carbonyl (C=O) groups excluding carboxylic acids is 3. The van der Waals surface area contributed by atoms with E-state index in [1.165, 1.54) is 51.7 Å². The van der Waals surface area contributed by atoms with Crippen LogP contribution in [0.15, 0.2) is 42.5 Å². The molecule has 3 amide bonds. The van der Waals surface area contributed by atoms with Crippen molar-refractivity contribution in [3.8, 4) is 11.5 Å². The van der Waals surface area contributed by atoms with Crippen LogP contribution in [0.4, 0.5) is 15.8 Å². The molecule has 0 bridgehead atoms. The molecule has 1 aromatic heterocycles. The molecule has 0 aliphatic rings. The Bertz CT molecular complexity index is 1280. The molecule has 0 aliphatic carbocycles. The van der Waals surface area contributed by atoms with Crippen LogP contribution in [-0.2, 0) is 9.53 Å². The summed E-state index contributed by atoms with van der Waals surface area (Å²) in [6, 6.07) is 8.45. The Morgan fingerprint density at radius 3 is 2.38 bits per heavy atom. The molecule has 0 radical (unpaired) electrons. The van der Waals surface area contributed by atoms with Gasteiger partial charge in [-0.25, -0.2) is 4.39 Å². The second kappa shape index (κ2) is 12.1. The molecule has 3 rings (SSSR count). The zero-order valence-corrected chi connectivity index (χ0v) is 21.1. The number of nitrogens with two attached hydrogens (primary N) is 2. The third-order valence-corrected chi connectivity index (χ3v) is 6.17. The van der Waals surface area contributed by atoms with Gasteiger partial charge in [-0.1, -0.05) is 12.1 Å². The lowest BCUT2D eigenvalue weighted by atomic mass is 10.0. The molecular formula is C24H26FN5O6S. The number of rotatable bonds is 11. The standard InChI is InChI=1S/C24H26FN5O6S/c1-34-11-10-28-23(32)20(13-4-6-14(25)7-5-13)30(16-12-15(35-2)8-9-17(16)36-3)24(33)21-18(26)19(22(27)31)29-37-21/h4-9,12,20H,10-11,26H2,1-3H3,(H2,27,31)(H,28,32). The van der Waals surface area contributed by atoms with Crippen LogP contribution in [0.1, 0.15) is 31.8 Å². The molecule has 5 N–H and O–H groups in total. The summed E-state index contributed by atoms with van der Waals surface area (Å²) in [7, 11) is 4.31. The fourth-order valence-corrected chi connectivity index (χ4v) is 4.27. The molecule has 13 heteroatoms. The average Bonchev–Trinajstić information content (AvgIpc) is 3.28.